The van der Waals surface area contributed by atoms with Crippen LogP contribution in [0.25, 0.3) is 21.3 Å². The summed E-state index contributed by atoms with van der Waals surface area (Å²) in [5.74, 6) is 5.91. The summed E-state index contributed by atoms with van der Waals surface area (Å²) in [6.45, 7) is 4.19. The van der Waals surface area contributed by atoms with E-state index in [4.69, 9.17) is 14.6 Å². The molecule has 0 saturated carbocycles. The molecule has 2 aromatic heterocycles. The Labute approximate surface area is 203 Å². The average molecular weight is 472 g/mol. The summed E-state index contributed by atoms with van der Waals surface area (Å²) >= 11 is 1.69. The molecule has 0 spiro atoms. The van der Waals surface area contributed by atoms with Gasteiger partial charge in [0, 0.05) is 27.1 Å². The van der Waals surface area contributed by atoms with Crippen molar-refractivity contribution in [3.8, 4) is 34.7 Å². The van der Waals surface area contributed by atoms with E-state index in [1.54, 1.807) is 25.4 Å². The summed E-state index contributed by atoms with van der Waals surface area (Å²) in [7, 11) is 1.62. The van der Waals surface area contributed by atoms with E-state index in [0.29, 0.717) is 12.5 Å². The Balaban J connectivity index is 1.53. The minimum absolute atomic E-state index is 0.0222. The first-order valence-corrected chi connectivity index (χ1v) is 11.8. The molecule has 1 N–H and O–H groups in total. The minimum Gasteiger partial charge on any atom is -0.489 e. The van der Waals surface area contributed by atoms with Crippen LogP contribution >= 0.6 is 11.3 Å². The van der Waals surface area contributed by atoms with Crippen molar-refractivity contribution in [3.63, 3.8) is 0 Å². The number of hydrogen-bond donors (Lipinski definition) is 1. The second-order valence-corrected chi connectivity index (χ2v) is 8.81. The van der Waals surface area contributed by atoms with E-state index in [-0.39, 0.29) is 12.3 Å². The third-order valence-electron chi connectivity index (χ3n) is 5.56. The fraction of sp³-hybridized carbons (Fsp3) is 0.214. The van der Waals surface area contributed by atoms with Gasteiger partial charge in [-0.3, -0.25) is 4.79 Å². The molecule has 2 heterocycles. The van der Waals surface area contributed by atoms with Crippen LogP contribution in [-0.4, -0.2) is 23.2 Å². The standard InChI is InChI=1S/C28H25NO4S/c1-4-5-21(15-27(30)31)20-8-10-22(11-9-20)33-16-19-7-12-25-23(14-19)24(17-34-25)28-18(2)6-13-26(29-28)32-3/h6-14,17,21H,15-16H2,1-3H3,(H,30,31). The zero-order valence-corrected chi connectivity index (χ0v) is 20.1. The number of nitrogens with zero attached hydrogens (tertiary/aromatic N) is 1. The highest BCUT2D eigenvalue weighted by Crippen LogP contribution is 2.36. The zero-order valence-electron chi connectivity index (χ0n) is 19.3. The number of carboxylic acids is 1. The molecule has 172 valence electrons. The Morgan fingerprint density at radius 1 is 1.15 bits per heavy atom. The highest BCUT2D eigenvalue weighted by molar-refractivity contribution is 7.17. The molecular weight excluding hydrogens is 446 g/mol. The summed E-state index contributed by atoms with van der Waals surface area (Å²) in [4.78, 5) is 15.8. The molecule has 0 radical (unpaired) electrons. The number of aromatic nitrogens is 1. The molecular formula is C28H25NO4S. The minimum atomic E-state index is -0.865. The zero-order chi connectivity index (χ0) is 24.1. The lowest BCUT2D eigenvalue weighted by atomic mass is 9.96. The topological polar surface area (TPSA) is 68.7 Å². The lowest BCUT2D eigenvalue weighted by Crippen LogP contribution is -2.04. The molecule has 5 nitrogen and oxygen atoms in total. The van der Waals surface area contributed by atoms with Gasteiger partial charge in [0.1, 0.15) is 12.4 Å². The molecule has 4 aromatic rings. The third kappa shape index (κ3) is 5.22. The molecule has 0 fully saturated rings. The fourth-order valence-corrected chi connectivity index (χ4v) is 4.74. The second-order valence-electron chi connectivity index (χ2n) is 7.90. The van der Waals surface area contributed by atoms with Gasteiger partial charge in [-0.05, 0) is 54.8 Å². The number of thiophene rings is 1. The van der Waals surface area contributed by atoms with Gasteiger partial charge in [0.25, 0.3) is 0 Å². The lowest BCUT2D eigenvalue weighted by molar-refractivity contribution is -0.137. The van der Waals surface area contributed by atoms with Gasteiger partial charge in [-0.1, -0.05) is 30.2 Å². The van der Waals surface area contributed by atoms with E-state index in [1.807, 2.05) is 36.4 Å². The van der Waals surface area contributed by atoms with Crippen molar-refractivity contribution in [2.75, 3.05) is 7.11 Å². The summed E-state index contributed by atoms with van der Waals surface area (Å²) in [5, 5.41) is 12.4. The first-order chi connectivity index (χ1) is 16.5. The van der Waals surface area contributed by atoms with E-state index in [0.717, 1.165) is 39.1 Å². The Bertz CT molecular complexity index is 1380. The number of fused-ring (bicyclic) bond motifs is 1. The molecule has 0 aliphatic heterocycles. The Morgan fingerprint density at radius 3 is 2.65 bits per heavy atom. The van der Waals surface area contributed by atoms with Crippen LogP contribution in [0, 0.1) is 18.8 Å². The van der Waals surface area contributed by atoms with Gasteiger partial charge in [-0.15, -0.1) is 17.3 Å². The quantitative estimate of drug-likeness (QED) is 0.300. The van der Waals surface area contributed by atoms with Gasteiger partial charge in [-0.2, -0.15) is 0 Å². The summed E-state index contributed by atoms with van der Waals surface area (Å²) in [5.41, 5.74) is 5.03. The van der Waals surface area contributed by atoms with Crippen LogP contribution in [0.2, 0.25) is 0 Å². The predicted octanol–water partition coefficient (Wildman–Crippen LogP) is 6.44. The van der Waals surface area contributed by atoms with Crippen molar-refractivity contribution < 1.29 is 19.4 Å². The van der Waals surface area contributed by atoms with Gasteiger partial charge >= 0.3 is 5.97 Å². The van der Waals surface area contributed by atoms with E-state index >= 15 is 0 Å². The van der Waals surface area contributed by atoms with Crippen molar-refractivity contribution in [2.24, 2.45) is 0 Å². The maximum atomic E-state index is 11.1. The molecule has 34 heavy (non-hydrogen) atoms. The molecule has 1 unspecified atom stereocenters. The van der Waals surface area contributed by atoms with Crippen molar-refractivity contribution in [1.82, 2.24) is 4.98 Å². The fourth-order valence-electron chi connectivity index (χ4n) is 3.81. The van der Waals surface area contributed by atoms with Crippen LogP contribution in [0.15, 0.2) is 60.0 Å². The van der Waals surface area contributed by atoms with E-state index in [9.17, 15) is 4.79 Å². The largest absolute Gasteiger partial charge is 0.489 e. The maximum absolute atomic E-state index is 11.1. The molecule has 0 saturated heterocycles. The van der Waals surface area contributed by atoms with Gasteiger partial charge in [0.15, 0.2) is 0 Å². The predicted molar refractivity (Wildman–Crippen MR) is 136 cm³/mol. The monoisotopic (exact) mass is 471 g/mol. The van der Waals surface area contributed by atoms with Gasteiger partial charge in [0.05, 0.1) is 25.1 Å². The number of benzene rings is 2. The van der Waals surface area contributed by atoms with Crippen molar-refractivity contribution in [3.05, 3.63) is 76.7 Å². The molecule has 6 heteroatoms. The average Bonchev–Trinajstić information content (AvgIpc) is 3.26. The van der Waals surface area contributed by atoms with Gasteiger partial charge in [0.2, 0.25) is 5.88 Å². The Hall–Kier alpha value is -3.82. The summed E-state index contributed by atoms with van der Waals surface area (Å²) < 4.78 is 12.5. The van der Waals surface area contributed by atoms with E-state index < -0.39 is 5.97 Å². The number of aryl methyl sites for hydroxylation is 1. The van der Waals surface area contributed by atoms with Crippen LogP contribution in [0.5, 0.6) is 11.6 Å². The van der Waals surface area contributed by atoms with Crippen molar-refractivity contribution >= 4 is 27.4 Å². The number of ether oxygens (including phenoxy) is 2. The van der Waals surface area contributed by atoms with Crippen LogP contribution in [0.3, 0.4) is 0 Å². The molecule has 2 aromatic carbocycles. The number of methoxy groups -OCH3 is 1. The number of carboxylic acid groups (broad SMARTS) is 1. The van der Waals surface area contributed by atoms with Crippen LogP contribution in [0.1, 0.15) is 36.0 Å². The Morgan fingerprint density at radius 2 is 1.94 bits per heavy atom. The van der Waals surface area contributed by atoms with Crippen LogP contribution in [0.4, 0.5) is 0 Å². The van der Waals surface area contributed by atoms with Gasteiger partial charge < -0.3 is 14.6 Å². The van der Waals surface area contributed by atoms with Crippen LogP contribution < -0.4 is 9.47 Å². The second kappa shape index (κ2) is 10.4. The summed E-state index contributed by atoms with van der Waals surface area (Å²) in [6, 6.07) is 17.7. The van der Waals surface area contributed by atoms with E-state index in [2.05, 4.69) is 47.3 Å². The molecule has 1 atom stereocenters. The van der Waals surface area contributed by atoms with Crippen molar-refractivity contribution in [1.29, 1.82) is 0 Å². The molecule has 0 aliphatic carbocycles. The molecule has 0 bridgehead atoms. The molecule has 0 aliphatic rings. The molecule has 4 rings (SSSR count). The SMILES string of the molecule is CC#CC(CC(=O)O)c1ccc(OCc2ccc3scc(-c4nc(OC)ccc4C)c3c2)cc1. The number of hydrogen-bond acceptors (Lipinski definition) is 5. The highest BCUT2D eigenvalue weighted by Gasteiger charge is 2.14. The Kier molecular flexibility index (Phi) is 7.15. The summed E-state index contributed by atoms with van der Waals surface area (Å²) in [6.07, 6.45) is -0.0222. The normalized spacial score (nSPS) is 11.5. The highest BCUT2D eigenvalue weighted by atomic mass is 32.1. The third-order valence-corrected chi connectivity index (χ3v) is 6.52. The number of aliphatic carboxylic acids is 1. The number of carbonyl (C=O) groups is 1. The smallest absolute Gasteiger partial charge is 0.304 e. The first-order valence-electron chi connectivity index (χ1n) is 10.9. The lowest BCUT2D eigenvalue weighted by Gasteiger charge is -2.11. The number of pyridine rings is 1. The first kappa shape index (κ1) is 23.3. The number of rotatable bonds is 8. The van der Waals surface area contributed by atoms with Gasteiger partial charge in [-0.25, -0.2) is 4.98 Å². The maximum Gasteiger partial charge on any atom is 0.304 e. The van der Waals surface area contributed by atoms with E-state index in [1.165, 1.54) is 4.70 Å². The molecule has 0 amide bonds. The van der Waals surface area contributed by atoms with Crippen molar-refractivity contribution in [2.45, 2.75) is 32.8 Å². The van der Waals surface area contributed by atoms with Crippen LogP contribution in [-0.2, 0) is 11.4 Å².